The van der Waals surface area contributed by atoms with Gasteiger partial charge in [-0.05, 0) is 37.1 Å². The van der Waals surface area contributed by atoms with Crippen molar-refractivity contribution in [2.24, 2.45) is 10.9 Å². The molecular formula is C18H26FIN4O2. The topological polar surface area (TPSA) is 78.5 Å². The molecular weight excluding hydrogens is 450 g/mol. The van der Waals surface area contributed by atoms with E-state index in [1.54, 1.807) is 13.0 Å². The molecule has 1 aromatic heterocycles. The number of H-pyrrole nitrogens is 1. The number of rotatable bonds is 7. The Kier molecular flexibility index (Phi) is 9.39. The number of aromatic nitrogens is 1. The zero-order valence-corrected chi connectivity index (χ0v) is 17.6. The molecule has 0 aliphatic carbocycles. The van der Waals surface area contributed by atoms with Gasteiger partial charge in [0.05, 0.1) is 19.6 Å². The van der Waals surface area contributed by atoms with Crippen molar-refractivity contribution in [3.8, 4) is 0 Å². The van der Waals surface area contributed by atoms with E-state index in [2.05, 4.69) is 20.6 Å². The van der Waals surface area contributed by atoms with Crippen LogP contribution < -0.4 is 10.6 Å². The average Bonchev–Trinajstić information content (AvgIpc) is 3.00. The van der Waals surface area contributed by atoms with Crippen LogP contribution in [0, 0.1) is 11.7 Å². The number of fused-ring (bicyclic) bond motifs is 1. The van der Waals surface area contributed by atoms with Gasteiger partial charge in [0.2, 0.25) is 0 Å². The van der Waals surface area contributed by atoms with Gasteiger partial charge >= 0.3 is 5.97 Å². The highest BCUT2D eigenvalue weighted by atomic mass is 127. The summed E-state index contributed by atoms with van der Waals surface area (Å²) in [5, 5.41) is 7.41. The standard InChI is InChI=1S/C18H25FN4O2.HI/c1-4-20-18(23-10-12(2)17(24)25-3)21-8-7-13-11-22-16-9-14(19)5-6-15(13)16;/h5-6,9,11-12,22H,4,7-8,10H2,1-3H3,(H2,20,21,23);1H. The average molecular weight is 476 g/mol. The van der Waals surface area contributed by atoms with Crippen molar-refractivity contribution in [3.05, 3.63) is 35.8 Å². The molecule has 0 aliphatic rings. The number of hydrogen-bond donors (Lipinski definition) is 3. The van der Waals surface area contributed by atoms with Crippen LogP contribution in [0.4, 0.5) is 4.39 Å². The van der Waals surface area contributed by atoms with Gasteiger partial charge in [-0.25, -0.2) is 4.39 Å². The predicted octanol–water partition coefficient (Wildman–Crippen LogP) is 2.83. The normalized spacial score (nSPS) is 12.4. The zero-order chi connectivity index (χ0) is 18.2. The summed E-state index contributed by atoms with van der Waals surface area (Å²) >= 11 is 0. The highest BCUT2D eigenvalue weighted by Crippen LogP contribution is 2.19. The molecule has 0 fully saturated rings. The second-order valence-electron chi connectivity index (χ2n) is 5.82. The lowest BCUT2D eigenvalue weighted by molar-refractivity contribution is -0.144. The van der Waals surface area contributed by atoms with Crippen molar-refractivity contribution in [2.75, 3.05) is 26.7 Å². The minimum Gasteiger partial charge on any atom is -0.469 e. The lowest BCUT2D eigenvalue weighted by atomic mass is 10.1. The van der Waals surface area contributed by atoms with Crippen LogP contribution in [-0.4, -0.2) is 43.7 Å². The van der Waals surface area contributed by atoms with Gasteiger partial charge in [-0.3, -0.25) is 9.79 Å². The number of carbonyl (C=O) groups excluding carboxylic acids is 1. The maximum Gasteiger partial charge on any atom is 0.310 e. The molecule has 0 saturated carbocycles. The number of methoxy groups -OCH3 is 1. The van der Waals surface area contributed by atoms with Crippen molar-refractivity contribution in [2.45, 2.75) is 20.3 Å². The highest BCUT2D eigenvalue weighted by Gasteiger charge is 2.12. The van der Waals surface area contributed by atoms with Crippen molar-refractivity contribution < 1.29 is 13.9 Å². The van der Waals surface area contributed by atoms with Crippen molar-refractivity contribution in [1.82, 2.24) is 15.6 Å². The van der Waals surface area contributed by atoms with Crippen molar-refractivity contribution >= 4 is 46.8 Å². The monoisotopic (exact) mass is 476 g/mol. The molecule has 2 rings (SSSR count). The number of guanidine groups is 1. The minimum absolute atomic E-state index is 0. The van der Waals surface area contributed by atoms with Crippen LogP contribution in [0.5, 0.6) is 0 Å². The molecule has 0 amide bonds. The first kappa shape index (κ1) is 22.2. The van der Waals surface area contributed by atoms with E-state index in [4.69, 9.17) is 4.74 Å². The summed E-state index contributed by atoms with van der Waals surface area (Å²) in [4.78, 5) is 18.9. The molecule has 3 N–H and O–H groups in total. The third kappa shape index (κ3) is 6.15. The maximum atomic E-state index is 13.2. The van der Waals surface area contributed by atoms with Crippen LogP contribution in [0.15, 0.2) is 29.4 Å². The number of aliphatic imine (C=N–C) groups is 1. The zero-order valence-electron chi connectivity index (χ0n) is 15.3. The third-order valence-electron chi connectivity index (χ3n) is 3.89. The molecule has 26 heavy (non-hydrogen) atoms. The summed E-state index contributed by atoms with van der Waals surface area (Å²) < 4.78 is 17.9. The summed E-state index contributed by atoms with van der Waals surface area (Å²) in [6, 6.07) is 4.74. The lowest BCUT2D eigenvalue weighted by Gasteiger charge is -2.12. The summed E-state index contributed by atoms with van der Waals surface area (Å²) in [6.45, 7) is 5.51. The highest BCUT2D eigenvalue weighted by molar-refractivity contribution is 14.0. The molecule has 0 spiro atoms. The fourth-order valence-electron chi connectivity index (χ4n) is 2.53. The Morgan fingerprint density at radius 3 is 2.85 bits per heavy atom. The van der Waals surface area contributed by atoms with Gasteiger partial charge in [-0.2, -0.15) is 0 Å². The van der Waals surface area contributed by atoms with E-state index in [-0.39, 0.29) is 41.7 Å². The number of halogens is 2. The molecule has 1 atom stereocenters. The molecule has 1 heterocycles. The Morgan fingerprint density at radius 1 is 1.38 bits per heavy atom. The fourth-order valence-corrected chi connectivity index (χ4v) is 2.53. The molecule has 1 aromatic carbocycles. The van der Waals surface area contributed by atoms with Gasteiger partial charge in [0.15, 0.2) is 5.96 Å². The molecule has 0 aliphatic heterocycles. The van der Waals surface area contributed by atoms with Crippen LogP contribution in [0.1, 0.15) is 19.4 Å². The molecule has 144 valence electrons. The Bertz CT molecular complexity index is 748. The van der Waals surface area contributed by atoms with E-state index < -0.39 is 0 Å². The number of nitrogens with one attached hydrogen (secondary N) is 3. The van der Waals surface area contributed by atoms with Crippen LogP contribution in [0.2, 0.25) is 0 Å². The molecule has 8 heteroatoms. The van der Waals surface area contributed by atoms with E-state index in [1.165, 1.54) is 19.2 Å². The van der Waals surface area contributed by atoms with Crippen LogP contribution >= 0.6 is 24.0 Å². The number of carbonyl (C=O) groups is 1. The van der Waals surface area contributed by atoms with Crippen LogP contribution in [0.25, 0.3) is 10.9 Å². The smallest absolute Gasteiger partial charge is 0.310 e. The summed E-state index contributed by atoms with van der Waals surface area (Å²) in [5.41, 5.74) is 1.91. The lowest BCUT2D eigenvalue weighted by Crippen LogP contribution is -2.38. The van der Waals surface area contributed by atoms with E-state index >= 15 is 0 Å². The molecule has 0 radical (unpaired) electrons. The molecule has 0 bridgehead atoms. The van der Waals surface area contributed by atoms with E-state index in [1.807, 2.05) is 13.1 Å². The molecule has 1 unspecified atom stereocenters. The van der Waals surface area contributed by atoms with Crippen molar-refractivity contribution in [3.63, 3.8) is 0 Å². The second-order valence-corrected chi connectivity index (χ2v) is 5.82. The quantitative estimate of drug-likeness (QED) is 0.249. The predicted molar refractivity (Wildman–Crippen MR) is 113 cm³/mol. The first-order valence-corrected chi connectivity index (χ1v) is 8.40. The van der Waals surface area contributed by atoms with Gasteiger partial charge < -0.3 is 20.4 Å². The Balaban J connectivity index is 0.00000338. The molecule has 6 nitrogen and oxygen atoms in total. The Hall–Kier alpha value is -1.84. The fraction of sp³-hybridized carbons (Fsp3) is 0.444. The first-order chi connectivity index (χ1) is 12.0. The Morgan fingerprint density at radius 2 is 2.15 bits per heavy atom. The molecule has 0 saturated heterocycles. The van der Waals surface area contributed by atoms with Crippen LogP contribution in [-0.2, 0) is 16.0 Å². The van der Waals surface area contributed by atoms with Crippen LogP contribution in [0.3, 0.4) is 0 Å². The third-order valence-corrected chi connectivity index (χ3v) is 3.89. The van der Waals surface area contributed by atoms with E-state index in [0.717, 1.165) is 29.4 Å². The summed E-state index contributed by atoms with van der Waals surface area (Å²) in [5.74, 6) is -0.154. The number of esters is 1. The summed E-state index contributed by atoms with van der Waals surface area (Å²) in [7, 11) is 1.37. The number of benzene rings is 1. The van der Waals surface area contributed by atoms with E-state index in [9.17, 15) is 9.18 Å². The number of ether oxygens (including phenoxy) is 1. The van der Waals surface area contributed by atoms with Gasteiger partial charge in [0.1, 0.15) is 5.82 Å². The second kappa shape index (κ2) is 11.0. The minimum atomic E-state index is -0.288. The summed E-state index contributed by atoms with van der Waals surface area (Å²) in [6.07, 6.45) is 2.66. The van der Waals surface area contributed by atoms with Gasteiger partial charge in [0.25, 0.3) is 0 Å². The van der Waals surface area contributed by atoms with Crippen molar-refractivity contribution in [1.29, 1.82) is 0 Å². The van der Waals surface area contributed by atoms with Gasteiger partial charge in [-0.15, -0.1) is 24.0 Å². The maximum absolute atomic E-state index is 13.2. The Labute approximate surface area is 170 Å². The number of nitrogens with zero attached hydrogens (tertiary/aromatic N) is 1. The largest absolute Gasteiger partial charge is 0.469 e. The number of aromatic amines is 1. The SMILES string of the molecule is CCNC(=NCC(C)C(=O)OC)NCCc1c[nH]c2cc(F)ccc12.I. The van der Waals surface area contributed by atoms with Gasteiger partial charge in [-0.1, -0.05) is 6.92 Å². The van der Waals surface area contributed by atoms with E-state index in [0.29, 0.717) is 19.0 Å². The number of hydrogen-bond acceptors (Lipinski definition) is 3. The van der Waals surface area contributed by atoms with Gasteiger partial charge in [0, 0.05) is 30.2 Å². The first-order valence-electron chi connectivity index (χ1n) is 8.40. The molecule has 2 aromatic rings.